The van der Waals surface area contributed by atoms with Crippen molar-refractivity contribution < 1.29 is 19.3 Å². The minimum atomic E-state index is -0.838. The van der Waals surface area contributed by atoms with Crippen LogP contribution in [0.4, 0.5) is 21.0 Å². The highest BCUT2D eigenvalue weighted by atomic mass is 16.7. The number of oxime groups is 2. The van der Waals surface area contributed by atoms with Gasteiger partial charge < -0.3 is 0 Å². The number of nitrogens with zero attached hydrogens (tertiary/aromatic N) is 2. The Bertz CT molecular complexity index is 432. The molecule has 1 rings (SSSR count). The summed E-state index contributed by atoms with van der Waals surface area (Å²) in [5, 5.41) is 10.6. The van der Waals surface area contributed by atoms with Gasteiger partial charge in [0.1, 0.15) is 0 Å². The zero-order chi connectivity index (χ0) is 13.4. The summed E-state index contributed by atoms with van der Waals surface area (Å²) in [6.07, 6.45) is -1.68. The summed E-state index contributed by atoms with van der Waals surface area (Å²) in [7, 11) is 0. The van der Waals surface area contributed by atoms with Crippen molar-refractivity contribution in [3.63, 3.8) is 0 Å². The number of benzene rings is 1. The Kier molecular flexibility index (Phi) is 4.85. The van der Waals surface area contributed by atoms with Crippen LogP contribution in [0.5, 0.6) is 0 Å². The van der Waals surface area contributed by atoms with Crippen LogP contribution < -0.4 is 10.6 Å². The van der Waals surface area contributed by atoms with Crippen LogP contribution in [-0.2, 0) is 9.68 Å². The molecule has 8 nitrogen and oxygen atoms in total. The first-order valence-electron chi connectivity index (χ1n) is 4.64. The van der Waals surface area contributed by atoms with E-state index in [9.17, 15) is 9.59 Å². The third-order valence-corrected chi connectivity index (χ3v) is 1.70. The molecule has 0 aliphatic heterocycles. The van der Waals surface area contributed by atoms with Crippen molar-refractivity contribution in [1.82, 2.24) is 0 Å². The topological polar surface area (TPSA) is 101 Å². The Labute approximate surface area is 102 Å². The molecule has 0 fully saturated rings. The standard InChI is InChI=1S/C10H10N4O4/c1-11-17-9(15)13-7-5-3-4-6-8(7)14-10(16)18-12-2/h3-6H,1-2H2,(H,13,15)(H,14,16). The Hall–Kier alpha value is -2.90. The maximum atomic E-state index is 11.1. The third kappa shape index (κ3) is 3.93. The Morgan fingerprint density at radius 3 is 1.67 bits per heavy atom. The van der Waals surface area contributed by atoms with Crippen molar-refractivity contribution in [3.05, 3.63) is 24.3 Å². The maximum absolute atomic E-state index is 11.1. The molecule has 0 spiro atoms. The van der Waals surface area contributed by atoms with E-state index in [-0.39, 0.29) is 0 Å². The van der Waals surface area contributed by atoms with E-state index in [0.29, 0.717) is 11.4 Å². The van der Waals surface area contributed by atoms with Gasteiger partial charge in [0.15, 0.2) is 0 Å². The van der Waals surface area contributed by atoms with E-state index in [0.717, 1.165) is 0 Å². The highest BCUT2D eigenvalue weighted by Gasteiger charge is 2.10. The molecule has 18 heavy (non-hydrogen) atoms. The number of para-hydroxylation sites is 2. The van der Waals surface area contributed by atoms with Crippen LogP contribution in [0.15, 0.2) is 34.6 Å². The quantitative estimate of drug-likeness (QED) is 0.484. The lowest BCUT2D eigenvalue weighted by Crippen LogP contribution is -2.15. The highest BCUT2D eigenvalue weighted by molar-refractivity contribution is 5.95. The van der Waals surface area contributed by atoms with E-state index in [1.54, 1.807) is 24.3 Å². The van der Waals surface area contributed by atoms with E-state index in [4.69, 9.17) is 0 Å². The van der Waals surface area contributed by atoms with Crippen LogP contribution in [0.1, 0.15) is 0 Å². The van der Waals surface area contributed by atoms with Crippen molar-refractivity contribution in [2.24, 2.45) is 10.3 Å². The van der Waals surface area contributed by atoms with E-state index in [1.165, 1.54) is 0 Å². The van der Waals surface area contributed by atoms with Gasteiger partial charge in [-0.2, -0.15) is 0 Å². The van der Waals surface area contributed by atoms with Gasteiger partial charge in [0.25, 0.3) is 0 Å². The first-order chi connectivity index (χ1) is 8.67. The third-order valence-electron chi connectivity index (χ3n) is 1.70. The zero-order valence-electron chi connectivity index (χ0n) is 9.25. The summed E-state index contributed by atoms with van der Waals surface area (Å²) >= 11 is 0. The molecule has 0 unspecified atom stereocenters. The lowest BCUT2D eigenvalue weighted by atomic mass is 10.2. The van der Waals surface area contributed by atoms with Gasteiger partial charge >= 0.3 is 12.2 Å². The lowest BCUT2D eigenvalue weighted by Gasteiger charge is -2.09. The number of hydrogen-bond acceptors (Lipinski definition) is 6. The van der Waals surface area contributed by atoms with Gasteiger partial charge in [-0.05, 0) is 12.1 Å². The average Bonchev–Trinajstić information content (AvgIpc) is 2.32. The van der Waals surface area contributed by atoms with Gasteiger partial charge in [0.2, 0.25) is 0 Å². The molecule has 0 atom stereocenters. The Morgan fingerprint density at radius 2 is 1.33 bits per heavy atom. The predicted octanol–water partition coefficient (Wildman–Crippen LogP) is 2.01. The lowest BCUT2D eigenvalue weighted by molar-refractivity contribution is 0.166. The minimum Gasteiger partial charge on any atom is -0.298 e. The fourth-order valence-corrected chi connectivity index (χ4v) is 1.08. The molecule has 1 aromatic rings. The monoisotopic (exact) mass is 250 g/mol. The first kappa shape index (κ1) is 13.2. The summed E-state index contributed by atoms with van der Waals surface area (Å²) in [6.45, 7) is 5.99. The van der Waals surface area contributed by atoms with Crippen LogP contribution in [0.2, 0.25) is 0 Å². The number of hydrogen-bond donors (Lipinski definition) is 2. The second-order valence-electron chi connectivity index (χ2n) is 2.81. The van der Waals surface area contributed by atoms with Crippen molar-refractivity contribution in [2.45, 2.75) is 0 Å². The molecule has 0 bridgehead atoms. The summed E-state index contributed by atoms with van der Waals surface area (Å²) in [5.74, 6) is 0. The smallest absolute Gasteiger partial charge is 0.298 e. The van der Waals surface area contributed by atoms with Crippen molar-refractivity contribution in [3.8, 4) is 0 Å². The zero-order valence-corrected chi connectivity index (χ0v) is 9.25. The van der Waals surface area contributed by atoms with Crippen LogP contribution in [0.3, 0.4) is 0 Å². The van der Waals surface area contributed by atoms with Crippen LogP contribution in [0.25, 0.3) is 0 Å². The van der Waals surface area contributed by atoms with Crippen LogP contribution in [-0.4, -0.2) is 25.6 Å². The molecule has 0 aromatic heterocycles. The van der Waals surface area contributed by atoms with Crippen molar-refractivity contribution in [2.75, 3.05) is 10.6 Å². The van der Waals surface area contributed by atoms with E-state index in [2.05, 4.69) is 44.1 Å². The molecule has 0 aliphatic carbocycles. The van der Waals surface area contributed by atoms with Gasteiger partial charge in [-0.3, -0.25) is 20.3 Å². The maximum Gasteiger partial charge on any atom is 0.437 e. The summed E-state index contributed by atoms with van der Waals surface area (Å²) in [5.41, 5.74) is 0.597. The van der Waals surface area contributed by atoms with Gasteiger partial charge in [-0.1, -0.05) is 22.4 Å². The molecule has 2 amide bonds. The second-order valence-corrected chi connectivity index (χ2v) is 2.81. The Morgan fingerprint density at radius 1 is 0.944 bits per heavy atom. The Balaban J connectivity index is 2.78. The summed E-state index contributed by atoms with van der Waals surface area (Å²) in [6, 6.07) is 6.39. The number of anilines is 2. The van der Waals surface area contributed by atoms with E-state index >= 15 is 0 Å². The normalized spacial score (nSPS) is 8.89. The van der Waals surface area contributed by atoms with Crippen LogP contribution in [0, 0.1) is 0 Å². The van der Waals surface area contributed by atoms with Gasteiger partial charge in [0, 0.05) is 13.4 Å². The summed E-state index contributed by atoms with van der Waals surface area (Å²) < 4.78 is 0. The molecule has 0 aliphatic rings. The van der Waals surface area contributed by atoms with Crippen molar-refractivity contribution in [1.29, 1.82) is 0 Å². The molecule has 0 heterocycles. The minimum absolute atomic E-state index is 0.298. The SMILES string of the molecule is C=NOC(=O)Nc1ccccc1NC(=O)ON=C. The molecule has 2 N–H and O–H groups in total. The van der Waals surface area contributed by atoms with E-state index in [1.807, 2.05) is 0 Å². The van der Waals surface area contributed by atoms with Crippen LogP contribution >= 0.6 is 0 Å². The second kappa shape index (κ2) is 6.63. The van der Waals surface area contributed by atoms with Gasteiger partial charge in [-0.15, -0.1) is 0 Å². The molecule has 8 heteroatoms. The number of carbonyl (C=O) groups excluding carboxylic acids is 2. The fourth-order valence-electron chi connectivity index (χ4n) is 1.08. The molecule has 0 radical (unpaired) electrons. The molecule has 0 saturated heterocycles. The largest absolute Gasteiger partial charge is 0.437 e. The number of nitrogens with one attached hydrogen (secondary N) is 2. The molecular weight excluding hydrogens is 240 g/mol. The number of rotatable bonds is 4. The number of carbonyl (C=O) groups is 2. The first-order valence-corrected chi connectivity index (χ1v) is 4.64. The fraction of sp³-hybridized carbons (Fsp3) is 0. The highest BCUT2D eigenvalue weighted by Crippen LogP contribution is 2.21. The van der Waals surface area contributed by atoms with Crippen molar-refractivity contribution >= 4 is 37.0 Å². The molecule has 1 aromatic carbocycles. The molecule has 0 saturated carbocycles. The van der Waals surface area contributed by atoms with E-state index < -0.39 is 12.2 Å². The van der Waals surface area contributed by atoms with Gasteiger partial charge in [0.05, 0.1) is 11.4 Å². The average molecular weight is 250 g/mol. The predicted molar refractivity (Wildman–Crippen MR) is 65.7 cm³/mol. The molecular formula is C10H10N4O4. The molecule has 94 valence electrons. The number of amides is 2. The van der Waals surface area contributed by atoms with Gasteiger partial charge in [-0.25, -0.2) is 9.59 Å². The summed E-state index contributed by atoms with van der Waals surface area (Å²) in [4.78, 5) is 30.8.